The first kappa shape index (κ1) is 21.0. The van der Waals surface area contributed by atoms with Gasteiger partial charge >= 0.3 is 0 Å². The minimum absolute atomic E-state index is 0.0425. The van der Waals surface area contributed by atoms with E-state index in [-0.39, 0.29) is 11.8 Å². The second kappa shape index (κ2) is 9.34. The minimum atomic E-state index is 0.0425. The minimum Gasteiger partial charge on any atom is -0.431 e. The molecule has 8 heteroatoms. The lowest BCUT2D eigenvalue weighted by Gasteiger charge is -2.34. The Balaban J connectivity index is 1.18. The number of nitrogens with zero attached hydrogens (tertiary/aromatic N) is 3. The normalized spacial score (nSPS) is 16.9. The molecule has 2 amide bonds. The number of benzene rings is 2. The van der Waals surface area contributed by atoms with E-state index in [1.54, 1.807) is 0 Å². The van der Waals surface area contributed by atoms with Gasteiger partial charge in [0.15, 0.2) is 5.58 Å². The summed E-state index contributed by atoms with van der Waals surface area (Å²) in [5.41, 5.74) is 3.29. The maximum Gasteiger partial charge on any atom is 0.257 e. The molecule has 1 aliphatic carbocycles. The van der Waals surface area contributed by atoms with Crippen molar-refractivity contribution in [2.24, 2.45) is 0 Å². The molecule has 3 aromatic rings. The molecule has 32 heavy (non-hydrogen) atoms. The van der Waals surface area contributed by atoms with Crippen molar-refractivity contribution in [3.05, 3.63) is 59.7 Å². The van der Waals surface area contributed by atoms with Crippen LogP contribution < -0.4 is 5.32 Å². The van der Waals surface area contributed by atoms with Crippen LogP contribution in [0.15, 0.2) is 58.2 Å². The van der Waals surface area contributed by atoms with Crippen LogP contribution in [0.5, 0.6) is 0 Å². The summed E-state index contributed by atoms with van der Waals surface area (Å²) in [6.45, 7) is 3.09. The number of fused-ring (bicyclic) bond motifs is 1. The zero-order valence-corrected chi connectivity index (χ0v) is 18.6. The quantitative estimate of drug-likeness (QED) is 0.557. The van der Waals surface area contributed by atoms with Gasteiger partial charge in [0, 0.05) is 43.5 Å². The first-order chi connectivity index (χ1) is 15.7. The third-order valence-corrected chi connectivity index (χ3v) is 6.72. The third kappa shape index (κ3) is 4.97. The van der Waals surface area contributed by atoms with Crippen LogP contribution in [0, 0.1) is 0 Å². The van der Waals surface area contributed by atoms with E-state index >= 15 is 0 Å². The van der Waals surface area contributed by atoms with Gasteiger partial charge in [0.1, 0.15) is 5.52 Å². The van der Waals surface area contributed by atoms with E-state index in [1.165, 1.54) is 11.8 Å². The molecule has 1 N–H and O–H groups in total. The average Bonchev–Trinajstić information content (AvgIpc) is 3.52. The molecule has 7 nitrogen and oxygen atoms in total. The van der Waals surface area contributed by atoms with Gasteiger partial charge in [0.25, 0.3) is 11.1 Å². The standard InChI is InChI=1S/C24H26N4O3S/c29-22(25-18-9-10-18)15-27-11-13-28(14-12-27)23(30)19-6-2-1-5-17(19)16-32-24-26-20-7-3-4-8-21(20)31-24/h1-8,18H,9-16H2,(H,25,29). The van der Waals surface area contributed by atoms with Gasteiger partial charge in [-0.05, 0) is 36.6 Å². The van der Waals surface area contributed by atoms with E-state index in [0.717, 1.165) is 35.1 Å². The highest BCUT2D eigenvalue weighted by Crippen LogP contribution is 2.28. The molecular formula is C24H26N4O3S. The van der Waals surface area contributed by atoms with Crippen LogP contribution in [-0.4, -0.2) is 65.4 Å². The maximum absolute atomic E-state index is 13.2. The number of aromatic nitrogens is 1. The van der Waals surface area contributed by atoms with Crippen molar-refractivity contribution < 1.29 is 14.0 Å². The number of carbonyl (C=O) groups is 2. The monoisotopic (exact) mass is 450 g/mol. The third-order valence-electron chi connectivity index (χ3n) is 5.84. The molecule has 2 aromatic carbocycles. The van der Waals surface area contributed by atoms with Gasteiger partial charge in [0.05, 0.1) is 6.54 Å². The fraction of sp³-hybridized carbons (Fsp3) is 0.375. The van der Waals surface area contributed by atoms with Gasteiger partial charge in [0.2, 0.25) is 5.91 Å². The van der Waals surface area contributed by atoms with E-state index in [4.69, 9.17) is 4.42 Å². The highest BCUT2D eigenvalue weighted by molar-refractivity contribution is 7.98. The van der Waals surface area contributed by atoms with Crippen LogP contribution in [0.1, 0.15) is 28.8 Å². The second-order valence-electron chi connectivity index (χ2n) is 8.30. The SMILES string of the molecule is O=C(CN1CCN(C(=O)c2ccccc2CSc2nc3ccccc3o2)CC1)NC1CC1. The summed E-state index contributed by atoms with van der Waals surface area (Å²) in [4.78, 5) is 33.8. The lowest BCUT2D eigenvalue weighted by molar-refractivity contribution is -0.122. The van der Waals surface area contributed by atoms with Crippen LogP contribution in [0.25, 0.3) is 11.1 Å². The van der Waals surface area contributed by atoms with Crippen molar-refractivity contribution in [1.82, 2.24) is 20.1 Å². The van der Waals surface area contributed by atoms with Gasteiger partial charge in [-0.1, -0.05) is 42.1 Å². The molecule has 2 fully saturated rings. The molecule has 1 aliphatic heterocycles. The summed E-state index contributed by atoms with van der Waals surface area (Å²) < 4.78 is 5.80. The number of para-hydroxylation sites is 2. The molecule has 0 radical (unpaired) electrons. The van der Waals surface area contributed by atoms with Gasteiger partial charge in [-0.15, -0.1) is 0 Å². The molecule has 1 aromatic heterocycles. The van der Waals surface area contributed by atoms with Crippen LogP contribution in [0.3, 0.4) is 0 Å². The largest absolute Gasteiger partial charge is 0.431 e. The number of piperazine rings is 1. The number of amides is 2. The predicted octanol–water partition coefficient (Wildman–Crippen LogP) is 3.16. The first-order valence-corrected chi connectivity index (χ1v) is 12.0. The molecule has 0 bridgehead atoms. The Hall–Kier alpha value is -2.84. The summed E-state index contributed by atoms with van der Waals surface area (Å²) >= 11 is 1.49. The highest BCUT2D eigenvalue weighted by atomic mass is 32.2. The lowest BCUT2D eigenvalue weighted by atomic mass is 10.1. The topological polar surface area (TPSA) is 78.7 Å². The molecule has 2 heterocycles. The number of hydrogen-bond donors (Lipinski definition) is 1. The molecule has 1 saturated carbocycles. The second-order valence-corrected chi connectivity index (χ2v) is 9.23. The Kier molecular flexibility index (Phi) is 6.14. The zero-order valence-electron chi connectivity index (χ0n) is 17.8. The fourth-order valence-corrected chi connectivity index (χ4v) is 4.73. The number of rotatable bonds is 7. The Morgan fingerprint density at radius 3 is 2.56 bits per heavy atom. The summed E-state index contributed by atoms with van der Waals surface area (Å²) in [6, 6.07) is 15.8. The number of thioether (sulfide) groups is 1. The molecule has 1 saturated heterocycles. The van der Waals surface area contributed by atoms with E-state index in [9.17, 15) is 9.59 Å². The van der Waals surface area contributed by atoms with E-state index in [1.807, 2.05) is 53.4 Å². The molecule has 0 spiro atoms. The molecule has 0 unspecified atom stereocenters. The fourth-order valence-electron chi connectivity index (χ4n) is 3.89. The van der Waals surface area contributed by atoms with Crippen LogP contribution >= 0.6 is 11.8 Å². The van der Waals surface area contributed by atoms with E-state index in [2.05, 4.69) is 15.2 Å². The Labute approximate surface area is 191 Å². The van der Waals surface area contributed by atoms with Crippen molar-refractivity contribution >= 4 is 34.7 Å². The van der Waals surface area contributed by atoms with Crippen molar-refractivity contribution in [3.63, 3.8) is 0 Å². The van der Waals surface area contributed by atoms with Crippen molar-refractivity contribution in [2.75, 3.05) is 32.7 Å². The van der Waals surface area contributed by atoms with Crippen molar-refractivity contribution in [2.45, 2.75) is 29.9 Å². The van der Waals surface area contributed by atoms with Crippen LogP contribution in [0.2, 0.25) is 0 Å². The highest BCUT2D eigenvalue weighted by Gasteiger charge is 2.27. The van der Waals surface area contributed by atoms with E-state index < -0.39 is 0 Å². The molecule has 166 valence electrons. The number of carbonyl (C=O) groups excluding carboxylic acids is 2. The summed E-state index contributed by atoms with van der Waals surface area (Å²) in [5, 5.41) is 3.63. The molecule has 5 rings (SSSR count). The van der Waals surface area contributed by atoms with Gasteiger partial charge in [-0.3, -0.25) is 14.5 Å². The Morgan fingerprint density at radius 1 is 1.03 bits per heavy atom. The Bertz CT molecular complexity index is 1090. The van der Waals surface area contributed by atoms with Crippen LogP contribution in [0.4, 0.5) is 0 Å². The zero-order chi connectivity index (χ0) is 21.9. The summed E-state index contributed by atoms with van der Waals surface area (Å²) in [6.07, 6.45) is 2.19. The van der Waals surface area contributed by atoms with Gasteiger partial charge < -0.3 is 14.6 Å². The summed E-state index contributed by atoms with van der Waals surface area (Å²) in [5.74, 6) is 0.741. The maximum atomic E-state index is 13.2. The molecule has 0 atom stereocenters. The molecule has 2 aliphatic rings. The van der Waals surface area contributed by atoms with E-state index in [0.29, 0.717) is 49.7 Å². The van der Waals surface area contributed by atoms with Crippen LogP contribution in [-0.2, 0) is 10.5 Å². The van der Waals surface area contributed by atoms with Gasteiger partial charge in [-0.25, -0.2) is 4.98 Å². The predicted molar refractivity (Wildman–Crippen MR) is 124 cm³/mol. The lowest BCUT2D eigenvalue weighted by Crippen LogP contribution is -2.51. The molecular weight excluding hydrogens is 424 g/mol. The smallest absolute Gasteiger partial charge is 0.257 e. The van der Waals surface area contributed by atoms with Crippen molar-refractivity contribution in [1.29, 1.82) is 0 Å². The number of oxazole rings is 1. The van der Waals surface area contributed by atoms with Gasteiger partial charge in [-0.2, -0.15) is 0 Å². The summed E-state index contributed by atoms with van der Waals surface area (Å²) in [7, 11) is 0. The first-order valence-electron chi connectivity index (χ1n) is 11.0. The number of nitrogens with one attached hydrogen (secondary N) is 1. The van der Waals surface area contributed by atoms with Crippen molar-refractivity contribution in [3.8, 4) is 0 Å². The average molecular weight is 451 g/mol. The number of hydrogen-bond acceptors (Lipinski definition) is 6. The Morgan fingerprint density at radius 2 is 1.78 bits per heavy atom.